The first-order valence-corrected chi connectivity index (χ1v) is 5.87. The van der Waals surface area contributed by atoms with E-state index in [2.05, 4.69) is 10.6 Å². The number of benzene rings is 1. The summed E-state index contributed by atoms with van der Waals surface area (Å²) in [5, 5.41) is 5.37. The van der Waals surface area contributed by atoms with Gasteiger partial charge in [0.25, 0.3) is 0 Å². The van der Waals surface area contributed by atoms with E-state index in [1.807, 2.05) is 13.0 Å². The van der Waals surface area contributed by atoms with E-state index in [0.29, 0.717) is 11.4 Å². The molecule has 0 aliphatic rings. The normalized spacial score (nSPS) is 11.8. The highest BCUT2D eigenvalue weighted by molar-refractivity contribution is 5.96. The zero-order valence-corrected chi connectivity index (χ0v) is 11.3. The van der Waals surface area contributed by atoms with Gasteiger partial charge in [0.2, 0.25) is 11.8 Å². The van der Waals surface area contributed by atoms with Crippen LogP contribution in [-0.4, -0.2) is 31.6 Å². The Morgan fingerprint density at radius 2 is 2.05 bits per heavy atom. The molecule has 104 valence electrons. The van der Waals surface area contributed by atoms with Crippen molar-refractivity contribution in [1.29, 1.82) is 0 Å². The molecule has 19 heavy (non-hydrogen) atoms. The molecular weight excluding hydrogens is 246 g/mol. The molecule has 0 radical (unpaired) electrons. The van der Waals surface area contributed by atoms with Crippen LogP contribution in [0.3, 0.4) is 0 Å². The quantitative estimate of drug-likeness (QED) is 0.736. The lowest BCUT2D eigenvalue weighted by atomic mass is 10.1. The molecular formula is C13H19N3O3. The average Bonchev–Trinajstić information content (AvgIpc) is 2.33. The summed E-state index contributed by atoms with van der Waals surface area (Å²) in [6, 6.07) is 4.52. The Balaban J connectivity index is 2.79. The first kappa shape index (κ1) is 15.1. The number of aryl methyl sites for hydroxylation is 1. The van der Waals surface area contributed by atoms with Crippen molar-refractivity contribution in [2.75, 3.05) is 24.4 Å². The van der Waals surface area contributed by atoms with Gasteiger partial charge in [-0.1, -0.05) is 6.07 Å². The predicted molar refractivity (Wildman–Crippen MR) is 74.0 cm³/mol. The minimum absolute atomic E-state index is 0.149. The van der Waals surface area contributed by atoms with Crippen LogP contribution in [0.5, 0.6) is 0 Å². The van der Waals surface area contributed by atoms with Crippen molar-refractivity contribution >= 4 is 23.2 Å². The van der Waals surface area contributed by atoms with Gasteiger partial charge in [0.05, 0.1) is 6.61 Å². The minimum Gasteiger partial charge on any atom is -0.383 e. The molecule has 0 saturated heterocycles. The van der Waals surface area contributed by atoms with Gasteiger partial charge >= 0.3 is 0 Å². The van der Waals surface area contributed by atoms with Gasteiger partial charge in [-0.25, -0.2) is 0 Å². The second-order valence-electron chi connectivity index (χ2n) is 4.26. The highest BCUT2D eigenvalue weighted by Crippen LogP contribution is 2.20. The summed E-state index contributed by atoms with van der Waals surface area (Å²) in [5.74, 6) is -0.498. The molecule has 0 heterocycles. The van der Waals surface area contributed by atoms with Gasteiger partial charge in [-0.3, -0.25) is 9.59 Å². The van der Waals surface area contributed by atoms with Crippen LogP contribution in [0.2, 0.25) is 0 Å². The van der Waals surface area contributed by atoms with Gasteiger partial charge in [0.1, 0.15) is 6.04 Å². The van der Waals surface area contributed by atoms with Crippen LogP contribution < -0.4 is 16.4 Å². The molecule has 2 amide bonds. The lowest BCUT2D eigenvalue weighted by molar-refractivity contribution is -0.118. The van der Waals surface area contributed by atoms with Gasteiger partial charge in [0.15, 0.2) is 0 Å². The Bertz CT molecular complexity index is 474. The molecule has 1 aromatic rings. The first-order chi connectivity index (χ1) is 8.93. The molecule has 1 aromatic carbocycles. The van der Waals surface area contributed by atoms with Crippen LogP contribution in [0.4, 0.5) is 11.4 Å². The predicted octanol–water partition coefficient (Wildman–Crippen LogP) is 0.866. The fourth-order valence-electron chi connectivity index (χ4n) is 1.51. The van der Waals surface area contributed by atoms with Gasteiger partial charge < -0.3 is 21.1 Å². The first-order valence-electron chi connectivity index (χ1n) is 5.87. The summed E-state index contributed by atoms with van der Waals surface area (Å²) in [6.45, 7) is 3.45. The summed E-state index contributed by atoms with van der Waals surface area (Å²) < 4.78 is 4.82. The Labute approximate surface area is 112 Å². The van der Waals surface area contributed by atoms with E-state index in [1.165, 1.54) is 14.0 Å². The van der Waals surface area contributed by atoms with E-state index in [1.54, 1.807) is 12.1 Å². The maximum absolute atomic E-state index is 11.7. The van der Waals surface area contributed by atoms with E-state index in [4.69, 9.17) is 10.5 Å². The topological polar surface area (TPSA) is 93.4 Å². The number of hydrogen-bond donors (Lipinski definition) is 3. The molecule has 1 unspecified atom stereocenters. The number of rotatable bonds is 5. The number of nitrogens with two attached hydrogens (primary N) is 1. The number of nitrogens with one attached hydrogen (secondary N) is 2. The third kappa shape index (κ3) is 4.69. The van der Waals surface area contributed by atoms with Gasteiger partial charge in [-0.2, -0.15) is 0 Å². The summed E-state index contributed by atoms with van der Waals surface area (Å²) in [6.07, 6.45) is 0. The Morgan fingerprint density at radius 1 is 1.37 bits per heavy atom. The Kier molecular flexibility index (Phi) is 5.47. The monoisotopic (exact) mass is 265 g/mol. The smallest absolute Gasteiger partial charge is 0.243 e. The van der Waals surface area contributed by atoms with Crippen molar-refractivity contribution in [2.45, 2.75) is 19.9 Å². The number of amides is 2. The molecule has 0 bridgehead atoms. The number of ether oxygens (including phenoxy) is 1. The molecule has 0 aromatic heterocycles. The van der Waals surface area contributed by atoms with Crippen LogP contribution in [0.1, 0.15) is 12.5 Å². The molecule has 0 spiro atoms. The van der Waals surface area contributed by atoms with Crippen molar-refractivity contribution in [3.05, 3.63) is 23.8 Å². The van der Waals surface area contributed by atoms with Crippen molar-refractivity contribution in [1.82, 2.24) is 0 Å². The number of carbonyl (C=O) groups excluding carboxylic acids is 2. The van der Waals surface area contributed by atoms with Crippen molar-refractivity contribution in [3.63, 3.8) is 0 Å². The third-order valence-corrected chi connectivity index (χ3v) is 2.50. The summed E-state index contributed by atoms with van der Waals surface area (Å²) in [7, 11) is 1.48. The lowest BCUT2D eigenvalue weighted by Gasteiger charge is -2.13. The molecule has 0 aliphatic heterocycles. The standard InChI is InChI=1S/C13H19N3O3/c1-8-4-5-10(6-12(8)15-9(2)17)16-13(18)11(14)7-19-3/h4-6,11H,7,14H2,1-3H3,(H,15,17)(H,16,18). The second kappa shape index (κ2) is 6.86. The van der Waals surface area contributed by atoms with E-state index >= 15 is 0 Å². The van der Waals surface area contributed by atoms with Crippen LogP contribution >= 0.6 is 0 Å². The van der Waals surface area contributed by atoms with Crippen molar-refractivity contribution < 1.29 is 14.3 Å². The highest BCUT2D eigenvalue weighted by Gasteiger charge is 2.13. The largest absolute Gasteiger partial charge is 0.383 e. The lowest BCUT2D eigenvalue weighted by Crippen LogP contribution is -2.39. The van der Waals surface area contributed by atoms with Crippen molar-refractivity contribution in [2.24, 2.45) is 5.73 Å². The van der Waals surface area contributed by atoms with E-state index in [-0.39, 0.29) is 18.4 Å². The van der Waals surface area contributed by atoms with Crippen LogP contribution in [0.25, 0.3) is 0 Å². The minimum atomic E-state index is -0.726. The van der Waals surface area contributed by atoms with Crippen LogP contribution in [0, 0.1) is 6.92 Å². The zero-order chi connectivity index (χ0) is 14.4. The SMILES string of the molecule is COCC(N)C(=O)Nc1ccc(C)c(NC(C)=O)c1. The van der Waals surface area contributed by atoms with E-state index < -0.39 is 6.04 Å². The number of anilines is 2. The third-order valence-electron chi connectivity index (χ3n) is 2.50. The van der Waals surface area contributed by atoms with Gasteiger partial charge in [-0.15, -0.1) is 0 Å². The maximum Gasteiger partial charge on any atom is 0.243 e. The summed E-state index contributed by atoms with van der Waals surface area (Å²) >= 11 is 0. The summed E-state index contributed by atoms with van der Waals surface area (Å²) in [4.78, 5) is 22.8. The molecule has 0 aliphatic carbocycles. The summed E-state index contributed by atoms with van der Waals surface area (Å²) in [5.41, 5.74) is 7.76. The van der Waals surface area contributed by atoms with E-state index in [9.17, 15) is 9.59 Å². The number of hydrogen-bond acceptors (Lipinski definition) is 4. The van der Waals surface area contributed by atoms with E-state index in [0.717, 1.165) is 5.56 Å². The molecule has 0 fully saturated rings. The average molecular weight is 265 g/mol. The highest BCUT2D eigenvalue weighted by atomic mass is 16.5. The fourth-order valence-corrected chi connectivity index (χ4v) is 1.51. The fraction of sp³-hybridized carbons (Fsp3) is 0.385. The molecule has 6 nitrogen and oxygen atoms in total. The second-order valence-corrected chi connectivity index (χ2v) is 4.26. The molecule has 0 saturated carbocycles. The molecule has 1 rings (SSSR count). The Morgan fingerprint density at radius 3 is 2.63 bits per heavy atom. The maximum atomic E-state index is 11.7. The van der Waals surface area contributed by atoms with Gasteiger partial charge in [0, 0.05) is 25.4 Å². The Hall–Kier alpha value is -1.92. The number of methoxy groups -OCH3 is 1. The van der Waals surface area contributed by atoms with Crippen molar-refractivity contribution in [3.8, 4) is 0 Å². The zero-order valence-electron chi connectivity index (χ0n) is 11.3. The molecule has 1 atom stereocenters. The number of carbonyl (C=O) groups is 2. The molecule has 4 N–H and O–H groups in total. The van der Waals surface area contributed by atoms with Crippen LogP contribution in [0.15, 0.2) is 18.2 Å². The molecule has 6 heteroatoms. The van der Waals surface area contributed by atoms with Crippen LogP contribution in [-0.2, 0) is 14.3 Å². The van der Waals surface area contributed by atoms with Gasteiger partial charge in [-0.05, 0) is 24.6 Å².